The molecule has 3 unspecified atom stereocenters. The molecule has 0 bridgehead atoms. The summed E-state index contributed by atoms with van der Waals surface area (Å²) in [6.07, 6.45) is 3.75. The monoisotopic (exact) mass is 291 g/mol. The summed E-state index contributed by atoms with van der Waals surface area (Å²) in [5.74, 6) is 2.87. The molecular weight excluding hydrogens is 262 g/mol. The molecule has 0 saturated heterocycles. The second-order valence-electron chi connectivity index (χ2n) is 7.45. The largest absolute Gasteiger partial charge is 0.470 e. The third-order valence-corrected chi connectivity index (χ3v) is 4.06. The first kappa shape index (κ1) is 15.9. The second kappa shape index (κ2) is 6.12. The van der Waals surface area contributed by atoms with Gasteiger partial charge in [0.2, 0.25) is 5.88 Å². The Hall–Kier alpha value is -1.45. The maximum atomic E-state index is 5.96. The van der Waals surface area contributed by atoms with Crippen LogP contribution in [0.1, 0.15) is 53.9 Å². The summed E-state index contributed by atoms with van der Waals surface area (Å²) in [6, 6.07) is 4.29. The van der Waals surface area contributed by atoms with Gasteiger partial charge in [0.1, 0.15) is 11.4 Å². The quantitative estimate of drug-likeness (QED) is 0.881. The fraction of sp³-hybridized carbons (Fsp3) is 0.706. The zero-order chi connectivity index (χ0) is 15.6. The SMILES string of the molecule is CC1CCC(Nc2ccc(N)c(OC(C)(C)C)n2)C(C)C1. The van der Waals surface area contributed by atoms with E-state index in [0.717, 1.165) is 11.7 Å². The Morgan fingerprint density at radius 1 is 1.24 bits per heavy atom. The van der Waals surface area contributed by atoms with Crippen LogP contribution in [-0.4, -0.2) is 16.6 Å². The van der Waals surface area contributed by atoms with Gasteiger partial charge in [0.15, 0.2) is 0 Å². The van der Waals surface area contributed by atoms with Gasteiger partial charge < -0.3 is 15.8 Å². The second-order valence-corrected chi connectivity index (χ2v) is 7.45. The molecule has 118 valence electrons. The molecule has 1 heterocycles. The summed E-state index contributed by atoms with van der Waals surface area (Å²) >= 11 is 0. The highest BCUT2D eigenvalue weighted by molar-refractivity contribution is 5.54. The van der Waals surface area contributed by atoms with Crippen LogP contribution >= 0.6 is 0 Å². The Kier molecular flexibility index (Phi) is 4.64. The number of nitrogens with one attached hydrogen (secondary N) is 1. The van der Waals surface area contributed by atoms with Crippen molar-refractivity contribution in [1.82, 2.24) is 4.98 Å². The Bertz CT molecular complexity index is 481. The van der Waals surface area contributed by atoms with Gasteiger partial charge in [-0.05, 0) is 64.0 Å². The minimum atomic E-state index is -0.298. The van der Waals surface area contributed by atoms with Crippen molar-refractivity contribution in [3.05, 3.63) is 12.1 Å². The van der Waals surface area contributed by atoms with E-state index in [2.05, 4.69) is 24.1 Å². The van der Waals surface area contributed by atoms with Gasteiger partial charge in [0.05, 0.1) is 5.69 Å². The van der Waals surface area contributed by atoms with E-state index in [9.17, 15) is 0 Å². The van der Waals surface area contributed by atoms with Crippen LogP contribution in [-0.2, 0) is 0 Å². The summed E-state index contributed by atoms with van der Waals surface area (Å²) in [7, 11) is 0. The van der Waals surface area contributed by atoms with Crippen molar-refractivity contribution in [2.45, 2.75) is 65.5 Å². The molecule has 0 radical (unpaired) electrons. The molecule has 1 aromatic heterocycles. The number of aromatic nitrogens is 1. The fourth-order valence-electron chi connectivity index (χ4n) is 2.97. The molecule has 4 heteroatoms. The zero-order valence-electron chi connectivity index (χ0n) is 13.9. The third-order valence-electron chi connectivity index (χ3n) is 4.06. The molecular formula is C17H29N3O. The number of nitrogen functional groups attached to an aromatic ring is 1. The highest BCUT2D eigenvalue weighted by atomic mass is 16.5. The Morgan fingerprint density at radius 3 is 2.57 bits per heavy atom. The molecule has 21 heavy (non-hydrogen) atoms. The number of hydrogen-bond donors (Lipinski definition) is 2. The standard InChI is InChI=1S/C17H29N3O/c1-11-6-8-14(12(2)10-11)19-15-9-7-13(18)16(20-15)21-17(3,4)5/h7,9,11-12,14H,6,8,10,18H2,1-5H3,(H,19,20). The number of ether oxygens (including phenoxy) is 1. The first-order valence-electron chi connectivity index (χ1n) is 7.96. The van der Waals surface area contributed by atoms with Gasteiger partial charge in [0, 0.05) is 6.04 Å². The van der Waals surface area contributed by atoms with Crippen LogP contribution in [0.5, 0.6) is 5.88 Å². The number of anilines is 2. The first-order chi connectivity index (χ1) is 9.74. The molecule has 2 rings (SSSR count). The summed E-state index contributed by atoms with van der Waals surface area (Å²) in [5, 5.41) is 3.56. The fourth-order valence-corrected chi connectivity index (χ4v) is 2.97. The van der Waals surface area contributed by atoms with Gasteiger partial charge in [-0.1, -0.05) is 13.8 Å². The van der Waals surface area contributed by atoms with Gasteiger partial charge >= 0.3 is 0 Å². The predicted molar refractivity (Wildman–Crippen MR) is 88.6 cm³/mol. The molecule has 3 N–H and O–H groups in total. The van der Waals surface area contributed by atoms with Crippen molar-refractivity contribution in [1.29, 1.82) is 0 Å². The van der Waals surface area contributed by atoms with Crippen molar-refractivity contribution < 1.29 is 4.74 Å². The summed E-state index contributed by atoms with van der Waals surface area (Å²) < 4.78 is 5.83. The zero-order valence-corrected chi connectivity index (χ0v) is 13.9. The van der Waals surface area contributed by atoms with E-state index in [-0.39, 0.29) is 5.60 Å². The molecule has 0 spiro atoms. The van der Waals surface area contributed by atoms with E-state index in [4.69, 9.17) is 10.5 Å². The van der Waals surface area contributed by atoms with E-state index in [1.807, 2.05) is 32.9 Å². The van der Waals surface area contributed by atoms with Crippen molar-refractivity contribution in [3.63, 3.8) is 0 Å². The Labute approximate surface area is 128 Å². The summed E-state index contributed by atoms with van der Waals surface area (Å²) in [6.45, 7) is 10.6. The van der Waals surface area contributed by atoms with Crippen molar-refractivity contribution in [2.75, 3.05) is 11.1 Å². The maximum Gasteiger partial charge on any atom is 0.239 e. The van der Waals surface area contributed by atoms with Crippen LogP contribution in [0.3, 0.4) is 0 Å². The molecule has 1 aromatic rings. The summed E-state index contributed by atoms with van der Waals surface area (Å²) in [4.78, 5) is 4.55. The van der Waals surface area contributed by atoms with E-state index >= 15 is 0 Å². The topological polar surface area (TPSA) is 60.2 Å². The summed E-state index contributed by atoms with van der Waals surface area (Å²) in [5.41, 5.74) is 6.25. The van der Waals surface area contributed by atoms with Gasteiger partial charge in [-0.3, -0.25) is 0 Å². The van der Waals surface area contributed by atoms with Crippen molar-refractivity contribution >= 4 is 11.5 Å². The number of nitrogens with zero attached hydrogens (tertiary/aromatic N) is 1. The molecule has 3 atom stereocenters. The van der Waals surface area contributed by atoms with Crippen LogP contribution in [0.15, 0.2) is 12.1 Å². The smallest absolute Gasteiger partial charge is 0.239 e. The highest BCUT2D eigenvalue weighted by Gasteiger charge is 2.25. The average molecular weight is 291 g/mol. The highest BCUT2D eigenvalue weighted by Crippen LogP contribution is 2.31. The van der Waals surface area contributed by atoms with E-state index in [0.29, 0.717) is 23.5 Å². The molecule has 1 aliphatic carbocycles. The number of rotatable bonds is 3. The number of hydrogen-bond acceptors (Lipinski definition) is 4. The van der Waals surface area contributed by atoms with E-state index in [1.54, 1.807) is 0 Å². The predicted octanol–water partition coefficient (Wildman–Crippen LogP) is 4.08. The van der Waals surface area contributed by atoms with Crippen LogP contribution in [0.2, 0.25) is 0 Å². The van der Waals surface area contributed by atoms with E-state index in [1.165, 1.54) is 19.3 Å². The molecule has 0 aromatic carbocycles. The molecule has 4 nitrogen and oxygen atoms in total. The minimum Gasteiger partial charge on any atom is -0.470 e. The third kappa shape index (κ3) is 4.51. The van der Waals surface area contributed by atoms with Gasteiger partial charge in [0.25, 0.3) is 0 Å². The molecule has 1 saturated carbocycles. The van der Waals surface area contributed by atoms with Crippen LogP contribution in [0, 0.1) is 11.8 Å². The lowest BCUT2D eigenvalue weighted by Gasteiger charge is -2.33. The lowest BCUT2D eigenvalue weighted by Crippen LogP contribution is -2.33. The number of pyridine rings is 1. The average Bonchev–Trinajstić information content (AvgIpc) is 2.35. The van der Waals surface area contributed by atoms with Gasteiger partial charge in [-0.15, -0.1) is 0 Å². The lowest BCUT2D eigenvalue weighted by atomic mass is 9.80. The lowest BCUT2D eigenvalue weighted by molar-refractivity contribution is 0.125. The molecule has 1 aliphatic rings. The normalized spacial score (nSPS) is 26.4. The Balaban J connectivity index is 2.08. The Morgan fingerprint density at radius 2 is 1.95 bits per heavy atom. The van der Waals surface area contributed by atoms with Crippen LogP contribution in [0.4, 0.5) is 11.5 Å². The molecule has 0 amide bonds. The molecule has 0 aliphatic heterocycles. The van der Waals surface area contributed by atoms with Gasteiger partial charge in [-0.2, -0.15) is 4.98 Å². The van der Waals surface area contributed by atoms with Crippen molar-refractivity contribution in [3.8, 4) is 5.88 Å². The first-order valence-corrected chi connectivity index (χ1v) is 7.96. The van der Waals surface area contributed by atoms with Gasteiger partial charge in [-0.25, -0.2) is 0 Å². The van der Waals surface area contributed by atoms with Crippen molar-refractivity contribution in [2.24, 2.45) is 11.8 Å². The number of nitrogens with two attached hydrogens (primary N) is 1. The molecule has 1 fully saturated rings. The minimum absolute atomic E-state index is 0.298. The maximum absolute atomic E-state index is 5.96. The van der Waals surface area contributed by atoms with Crippen LogP contribution < -0.4 is 15.8 Å². The van der Waals surface area contributed by atoms with Crippen LogP contribution in [0.25, 0.3) is 0 Å². The van der Waals surface area contributed by atoms with E-state index < -0.39 is 0 Å².